The number of pyridine rings is 1. The minimum absolute atomic E-state index is 0.118. The first-order valence-electron chi connectivity index (χ1n) is 3.32. The zero-order chi connectivity index (χ0) is 9.84. The molecule has 0 saturated heterocycles. The average Bonchev–Trinajstić information content (AvgIpc) is 1.99. The molecule has 0 unspecified atom stereocenters. The number of carboxylic acids is 1. The van der Waals surface area contributed by atoms with E-state index in [1.54, 1.807) is 0 Å². The van der Waals surface area contributed by atoms with Gasteiger partial charge in [-0.3, -0.25) is 0 Å². The van der Waals surface area contributed by atoms with Crippen LogP contribution < -0.4 is 0 Å². The summed E-state index contributed by atoms with van der Waals surface area (Å²) in [6.07, 6.45) is 1.87. The van der Waals surface area contributed by atoms with E-state index in [0.717, 1.165) is 24.3 Å². The number of aliphatic carboxylic acids is 1. The fraction of sp³-hybridized carbons (Fsp3) is 0. The Morgan fingerprint density at radius 3 is 2.38 bits per heavy atom. The molecule has 13 heavy (non-hydrogen) atoms. The predicted molar refractivity (Wildman–Crippen MR) is 40.8 cm³/mol. The van der Waals surface area contributed by atoms with Gasteiger partial charge in [-0.05, 0) is 11.6 Å². The van der Waals surface area contributed by atoms with Crippen molar-refractivity contribution in [2.24, 2.45) is 0 Å². The van der Waals surface area contributed by atoms with Crippen LogP contribution in [0, 0.1) is 11.9 Å². The smallest absolute Gasteiger partial charge is 0.328 e. The van der Waals surface area contributed by atoms with E-state index < -0.39 is 17.9 Å². The van der Waals surface area contributed by atoms with E-state index in [1.807, 2.05) is 0 Å². The molecule has 1 heterocycles. The van der Waals surface area contributed by atoms with Gasteiger partial charge in [0.25, 0.3) is 0 Å². The second-order valence-electron chi connectivity index (χ2n) is 2.22. The van der Waals surface area contributed by atoms with Crippen molar-refractivity contribution in [2.45, 2.75) is 0 Å². The first-order valence-corrected chi connectivity index (χ1v) is 3.32. The number of halogens is 2. The third-order valence-corrected chi connectivity index (χ3v) is 1.20. The van der Waals surface area contributed by atoms with Crippen LogP contribution in [0.2, 0.25) is 0 Å². The number of hydrogen-bond donors (Lipinski definition) is 1. The van der Waals surface area contributed by atoms with Gasteiger partial charge in [-0.1, -0.05) is 0 Å². The Morgan fingerprint density at radius 2 is 1.92 bits per heavy atom. The first kappa shape index (κ1) is 9.31. The molecule has 5 heteroatoms. The highest BCUT2D eigenvalue weighted by Crippen LogP contribution is 2.05. The van der Waals surface area contributed by atoms with Crippen molar-refractivity contribution < 1.29 is 18.7 Å². The van der Waals surface area contributed by atoms with Crippen LogP contribution in [-0.2, 0) is 4.79 Å². The van der Waals surface area contributed by atoms with E-state index >= 15 is 0 Å². The molecule has 0 fully saturated rings. The Hall–Kier alpha value is -1.78. The lowest BCUT2D eigenvalue weighted by atomic mass is 10.2. The highest BCUT2D eigenvalue weighted by molar-refractivity contribution is 5.85. The molecule has 0 aliphatic carbocycles. The van der Waals surface area contributed by atoms with Crippen LogP contribution in [0.4, 0.5) is 8.78 Å². The molecule has 3 nitrogen and oxygen atoms in total. The SMILES string of the molecule is O=C(O)C=Cc1cc(F)nc(F)c1. The Labute approximate surface area is 72.3 Å². The fourth-order valence-corrected chi connectivity index (χ4v) is 0.747. The second-order valence-corrected chi connectivity index (χ2v) is 2.22. The van der Waals surface area contributed by atoms with Crippen LogP contribution in [0.25, 0.3) is 6.08 Å². The van der Waals surface area contributed by atoms with Crippen molar-refractivity contribution >= 4 is 12.0 Å². The summed E-state index contributed by atoms with van der Waals surface area (Å²) in [7, 11) is 0. The Balaban J connectivity index is 2.95. The molecule has 0 radical (unpaired) electrons. The van der Waals surface area contributed by atoms with Gasteiger partial charge in [-0.25, -0.2) is 4.79 Å². The maximum Gasteiger partial charge on any atom is 0.328 e. The molecular formula is C8H5F2NO2. The molecule has 1 aromatic heterocycles. The molecule has 0 atom stereocenters. The minimum atomic E-state index is -1.18. The quantitative estimate of drug-likeness (QED) is 0.560. The molecule has 0 aromatic carbocycles. The molecule has 0 bridgehead atoms. The summed E-state index contributed by atoms with van der Waals surface area (Å²) >= 11 is 0. The fourth-order valence-electron chi connectivity index (χ4n) is 0.747. The van der Waals surface area contributed by atoms with Crippen molar-refractivity contribution in [3.63, 3.8) is 0 Å². The highest BCUT2D eigenvalue weighted by atomic mass is 19.1. The molecule has 0 spiro atoms. The summed E-state index contributed by atoms with van der Waals surface area (Å²) in [5.74, 6) is -3.15. The van der Waals surface area contributed by atoms with E-state index in [2.05, 4.69) is 4.98 Å². The number of carbonyl (C=O) groups is 1. The molecule has 0 aliphatic heterocycles. The summed E-state index contributed by atoms with van der Waals surface area (Å²) in [6, 6.07) is 1.87. The van der Waals surface area contributed by atoms with E-state index in [4.69, 9.17) is 5.11 Å². The van der Waals surface area contributed by atoms with Crippen molar-refractivity contribution in [2.75, 3.05) is 0 Å². The van der Waals surface area contributed by atoms with Gasteiger partial charge in [0, 0.05) is 18.2 Å². The Bertz CT molecular complexity index is 343. The predicted octanol–water partition coefficient (Wildman–Crippen LogP) is 1.46. The summed E-state index contributed by atoms with van der Waals surface area (Å²) in [5, 5.41) is 8.22. The Kier molecular flexibility index (Phi) is 2.69. The van der Waals surface area contributed by atoms with Crippen LogP contribution in [-0.4, -0.2) is 16.1 Å². The lowest BCUT2D eigenvalue weighted by molar-refractivity contribution is -0.131. The Morgan fingerprint density at radius 1 is 1.38 bits per heavy atom. The third kappa shape index (κ3) is 2.98. The normalized spacial score (nSPS) is 10.6. The molecule has 1 N–H and O–H groups in total. The number of carboxylic acid groups (broad SMARTS) is 1. The number of rotatable bonds is 2. The summed E-state index contributed by atoms with van der Waals surface area (Å²) in [4.78, 5) is 12.9. The average molecular weight is 185 g/mol. The van der Waals surface area contributed by atoms with Gasteiger partial charge in [-0.15, -0.1) is 0 Å². The van der Waals surface area contributed by atoms with Crippen LogP contribution in [0.5, 0.6) is 0 Å². The molecule has 1 aromatic rings. The van der Waals surface area contributed by atoms with Crippen LogP contribution in [0.1, 0.15) is 5.56 Å². The monoisotopic (exact) mass is 185 g/mol. The minimum Gasteiger partial charge on any atom is -0.478 e. The van der Waals surface area contributed by atoms with Gasteiger partial charge in [0.2, 0.25) is 11.9 Å². The number of aromatic nitrogens is 1. The van der Waals surface area contributed by atoms with Crippen LogP contribution in [0.3, 0.4) is 0 Å². The lowest BCUT2D eigenvalue weighted by Gasteiger charge is -1.93. The lowest BCUT2D eigenvalue weighted by Crippen LogP contribution is -1.90. The van der Waals surface area contributed by atoms with E-state index in [9.17, 15) is 13.6 Å². The van der Waals surface area contributed by atoms with Crippen molar-refractivity contribution in [3.05, 3.63) is 35.7 Å². The largest absolute Gasteiger partial charge is 0.478 e. The first-order chi connectivity index (χ1) is 6.08. The van der Waals surface area contributed by atoms with Crippen molar-refractivity contribution in [3.8, 4) is 0 Å². The van der Waals surface area contributed by atoms with Gasteiger partial charge in [0.05, 0.1) is 0 Å². The second kappa shape index (κ2) is 3.75. The maximum absolute atomic E-state index is 12.4. The molecule has 1 rings (SSSR count). The summed E-state index contributed by atoms with van der Waals surface area (Å²) in [5.41, 5.74) is 0.118. The number of hydrogen-bond acceptors (Lipinski definition) is 2. The molecule has 0 amide bonds. The zero-order valence-electron chi connectivity index (χ0n) is 6.37. The zero-order valence-corrected chi connectivity index (χ0v) is 6.37. The van der Waals surface area contributed by atoms with E-state index in [1.165, 1.54) is 0 Å². The van der Waals surface area contributed by atoms with Gasteiger partial charge >= 0.3 is 5.97 Å². The summed E-state index contributed by atoms with van der Waals surface area (Å²) < 4.78 is 24.8. The van der Waals surface area contributed by atoms with E-state index in [-0.39, 0.29) is 5.56 Å². The topological polar surface area (TPSA) is 50.2 Å². The van der Waals surface area contributed by atoms with Gasteiger partial charge in [-0.2, -0.15) is 13.8 Å². The molecule has 68 valence electrons. The summed E-state index contributed by atoms with van der Waals surface area (Å²) in [6.45, 7) is 0. The van der Waals surface area contributed by atoms with E-state index in [0.29, 0.717) is 0 Å². The van der Waals surface area contributed by atoms with Crippen molar-refractivity contribution in [1.29, 1.82) is 0 Å². The third-order valence-electron chi connectivity index (χ3n) is 1.20. The molecular weight excluding hydrogens is 180 g/mol. The standard InChI is InChI=1S/C8H5F2NO2/c9-6-3-5(1-2-8(12)13)4-7(10)11-6/h1-4H,(H,12,13). The van der Waals surface area contributed by atoms with Gasteiger partial charge < -0.3 is 5.11 Å². The molecule has 0 aliphatic rings. The van der Waals surface area contributed by atoms with Gasteiger partial charge in [0.1, 0.15) is 0 Å². The maximum atomic E-state index is 12.4. The number of nitrogens with zero attached hydrogens (tertiary/aromatic N) is 1. The van der Waals surface area contributed by atoms with Gasteiger partial charge in [0.15, 0.2) is 0 Å². The highest BCUT2D eigenvalue weighted by Gasteiger charge is 1.98. The molecule has 0 saturated carbocycles. The van der Waals surface area contributed by atoms with Crippen LogP contribution >= 0.6 is 0 Å². The van der Waals surface area contributed by atoms with Crippen LogP contribution in [0.15, 0.2) is 18.2 Å². The van der Waals surface area contributed by atoms with Crippen molar-refractivity contribution in [1.82, 2.24) is 4.98 Å².